The molecule has 0 heterocycles. The van der Waals surface area contributed by atoms with Crippen LogP contribution in [0.3, 0.4) is 0 Å². The number of phenols is 1. The van der Waals surface area contributed by atoms with E-state index < -0.39 is 30.1 Å². The van der Waals surface area contributed by atoms with Crippen molar-refractivity contribution in [2.75, 3.05) is 7.11 Å². The molecule has 0 spiro atoms. The lowest BCUT2D eigenvalue weighted by molar-refractivity contribution is -0.124. The van der Waals surface area contributed by atoms with Crippen LogP contribution in [-0.4, -0.2) is 41.4 Å². The highest BCUT2D eigenvalue weighted by atomic mass is 16.6. The minimum absolute atomic E-state index is 0.0683. The highest BCUT2D eigenvalue weighted by Crippen LogP contribution is 2.35. The smallest absolute Gasteiger partial charge is 0.414 e. The number of carbonyl (C=O) groups is 3. The van der Waals surface area contributed by atoms with Gasteiger partial charge in [-0.05, 0) is 36.4 Å². The third-order valence-electron chi connectivity index (χ3n) is 5.36. The number of methoxy groups -OCH3 is 1. The summed E-state index contributed by atoms with van der Waals surface area (Å²) >= 11 is 0. The summed E-state index contributed by atoms with van der Waals surface area (Å²) in [6.45, 7) is 0. The largest absolute Gasteiger partial charge is 0.507 e. The van der Waals surface area contributed by atoms with Gasteiger partial charge in [-0.15, -0.1) is 0 Å². The number of amides is 3. The molecule has 3 aromatic rings. The second-order valence-corrected chi connectivity index (χ2v) is 7.60. The number of hydrogen-bond donors (Lipinski definition) is 4. The predicted octanol–water partition coefficient (Wildman–Crippen LogP) is 4.01. The predicted molar refractivity (Wildman–Crippen MR) is 128 cm³/mol. The molecular weight excluding hydrogens is 452 g/mol. The molecule has 0 saturated heterocycles. The molecule has 0 saturated carbocycles. The van der Waals surface area contributed by atoms with E-state index in [1.165, 1.54) is 24.7 Å². The Labute approximate surface area is 201 Å². The van der Waals surface area contributed by atoms with Crippen LogP contribution in [0, 0.1) is 0 Å². The molecular formula is C26H26N2O7. The summed E-state index contributed by atoms with van der Waals surface area (Å²) in [6, 6.07) is 18.5. The molecule has 35 heavy (non-hydrogen) atoms. The quantitative estimate of drug-likeness (QED) is 0.207. The summed E-state index contributed by atoms with van der Waals surface area (Å²) < 4.78 is 11.3. The van der Waals surface area contributed by atoms with Crippen molar-refractivity contribution >= 4 is 28.7 Å². The maximum atomic E-state index is 12.7. The van der Waals surface area contributed by atoms with Gasteiger partial charge in [-0.1, -0.05) is 54.6 Å². The highest BCUT2D eigenvalue weighted by molar-refractivity contribution is 6.03. The Morgan fingerprint density at radius 3 is 2.34 bits per heavy atom. The van der Waals surface area contributed by atoms with Crippen molar-refractivity contribution in [2.45, 2.75) is 25.0 Å². The van der Waals surface area contributed by atoms with Crippen molar-refractivity contribution < 1.29 is 34.2 Å². The Bertz CT molecular complexity index is 1210. The molecule has 9 nitrogen and oxygen atoms in total. The molecule has 0 aliphatic heterocycles. The Morgan fingerprint density at radius 1 is 0.971 bits per heavy atom. The van der Waals surface area contributed by atoms with Gasteiger partial charge >= 0.3 is 6.09 Å². The van der Waals surface area contributed by atoms with Gasteiger partial charge in [0.25, 0.3) is 11.8 Å². The number of carbonyl (C=O) groups excluding carboxylic acids is 3. The number of aromatic hydroxyl groups is 1. The molecule has 3 amide bonds. The number of imide groups is 1. The van der Waals surface area contributed by atoms with Gasteiger partial charge in [-0.25, -0.2) is 10.3 Å². The monoisotopic (exact) mass is 478 g/mol. The lowest BCUT2D eigenvalue weighted by atomic mass is 9.94. The first-order valence-electron chi connectivity index (χ1n) is 10.9. The summed E-state index contributed by atoms with van der Waals surface area (Å²) in [5.74, 6) is -1.22. The Morgan fingerprint density at radius 2 is 1.66 bits per heavy atom. The number of hydrogen-bond acceptors (Lipinski definition) is 7. The summed E-state index contributed by atoms with van der Waals surface area (Å²) in [5.41, 5.74) is 2.38. The van der Waals surface area contributed by atoms with Gasteiger partial charge in [0.05, 0.1) is 6.10 Å². The third-order valence-corrected chi connectivity index (χ3v) is 5.36. The van der Waals surface area contributed by atoms with Gasteiger partial charge < -0.3 is 14.6 Å². The first-order chi connectivity index (χ1) is 16.9. The molecule has 0 aliphatic carbocycles. The summed E-state index contributed by atoms with van der Waals surface area (Å²) in [6.07, 6.45) is 0.847. The molecule has 0 aromatic heterocycles. The maximum Gasteiger partial charge on any atom is 0.414 e. The molecule has 9 heteroatoms. The molecule has 3 rings (SSSR count). The lowest BCUT2D eigenvalue weighted by Crippen LogP contribution is -2.35. The van der Waals surface area contributed by atoms with Gasteiger partial charge in [-0.3, -0.25) is 20.1 Å². The average Bonchev–Trinajstić information content (AvgIpc) is 2.88. The van der Waals surface area contributed by atoms with Crippen molar-refractivity contribution in [3.8, 4) is 5.75 Å². The van der Waals surface area contributed by atoms with Gasteiger partial charge in [0.15, 0.2) is 6.10 Å². The minimum Gasteiger partial charge on any atom is -0.507 e. The first kappa shape index (κ1) is 25.4. The van der Waals surface area contributed by atoms with Crippen molar-refractivity contribution in [2.24, 2.45) is 0 Å². The number of ether oxygens (including phenoxy) is 2. The number of phenolic OH excluding ortho intramolecular Hbond substituents is 1. The van der Waals surface area contributed by atoms with Crippen molar-refractivity contribution in [1.82, 2.24) is 10.8 Å². The third kappa shape index (κ3) is 6.66. The fourth-order valence-corrected chi connectivity index (χ4v) is 3.67. The summed E-state index contributed by atoms with van der Waals surface area (Å²) in [4.78, 5) is 36.4. The number of hydroxylamine groups is 1. The second kappa shape index (κ2) is 12.3. The number of fused-ring (bicyclic) bond motifs is 1. The Balaban J connectivity index is 1.89. The molecule has 0 bridgehead atoms. The average molecular weight is 479 g/mol. The minimum atomic E-state index is -0.960. The molecule has 3 aromatic carbocycles. The van der Waals surface area contributed by atoms with E-state index in [-0.39, 0.29) is 5.75 Å². The SMILES string of the molecule is CO[C@H](CC/C=C/C(=O)NO)[C@H](OC(=O)NC(=O)c1ccccc1)c1ccc(O)c2ccccc12. The van der Waals surface area contributed by atoms with E-state index in [1.807, 2.05) is 0 Å². The van der Waals surface area contributed by atoms with Crippen LogP contribution in [0.25, 0.3) is 10.8 Å². The molecule has 0 radical (unpaired) electrons. The van der Waals surface area contributed by atoms with Crippen LogP contribution in [0.4, 0.5) is 4.79 Å². The van der Waals surface area contributed by atoms with E-state index >= 15 is 0 Å². The van der Waals surface area contributed by atoms with E-state index in [1.54, 1.807) is 66.7 Å². The molecule has 182 valence electrons. The summed E-state index contributed by atoms with van der Waals surface area (Å²) in [5, 5.41) is 22.3. The number of allylic oxidation sites excluding steroid dienone is 1. The number of rotatable bonds is 9. The van der Waals surface area contributed by atoms with E-state index in [9.17, 15) is 19.5 Å². The van der Waals surface area contributed by atoms with Crippen molar-refractivity contribution in [3.05, 3.63) is 90.0 Å². The van der Waals surface area contributed by atoms with Crippen LogP contribution in [0.15, 0.2) is 78.9 Å². The normalized spacial score (nSPS) is 12.7. The van der Waals surface area contributed by atoms with E-state index in [2.05, 4.69) is 5.32 Å². The van der Waals surface area contributed by atoms with E-state index in [0.29, 0.717) is 34.7 Å². The molecule has 2 atom stereocenters. The van der Waals surface area contributed by atoms with Gasteiger partial charge in [0.1, 0.15) is 5.75 Å². The fraction of sp³-hybridized carbons (Fsp3) is 0.192. The van der Waals surface area contributed by atoms with Gasteiger partial charge in [0.2, 0.25) is 0 Å². The topological polar surface area (TPSA) is 134 Å². The Kier molecular flexibility index (Phi) is 8.94. The highest BCUT2D eigenvalue weighted by Gasteiger charge is 2.29. The molecule has 0 aliphatic rings. The summed E-state index contributed by atoms with van der Waals surface area (Å²) in [7, 11) is 1.46. The maximum absolute atomic E-state index is 12.7. The van der Waals surface area contributed by atoms with Crippen LogP contribution in [0.2, 0.25) is 0 Å². The fourth-order valence-electron chi connectivity index (χ4n) is 3.67. The standard InChI is InChI=1S/C26H26N2O7/c1-34-22(13-7-8-14-23(30)28-33)24(20-15-16-21(29)19-12-6-5-11-18(19)20)35-26(32)27-25(31)17-9-3-2-4-10-17/h2-6,8-12,14-16,22,24,29,33H,7,13H2,1H3,(H,28,30)(H,27,31,32)/b14-8+/t22-,24-/m1/s1. The molecule has 4 N–H and O–H groups in total. The van der Waals surface area contributed by atoms with E-state index in [0.717, 1.165) is 0 Å². The van der Waals surface area contributed by atoms with Crippen molar-refractivity contribution in [1.29, 1.82) is 0 Å². The number of benzene rings is 3. The van der Waals surface area contributed by atoms with Crippen molar-refractivity contribution in [3.63, 3.8) is 0 Å². The van der Waals surface area contributed by atoms with E-state index in [4.69, 9.17) is 14.7 Å². The van der Waals surface area contributed by atoms with Crippen LogP contribution in [-0.2, 0) is 14.3 Å². The molecule has 0 unspecified atom stereocenters. The zero-order valence-electron chi connectivity index (χ0n) is 19.0. The zero-order chi connectivity index (χ0) is 25.2. The number of alkyl carbamates (subject to hydrolysis) is 1. The van der Waals surface area contributed by atoms with Crippen LogP contribution >= 0.6 is 0 Å². The second-order valence-electron chi connectivity index (χ2n) is 7.60. The molecule has 0 fully saturated rings. The number of nitrogens with one attached hydrogen (secondary N) is 2. The van der Waals surface area contributed by atoms with Crippen LogP contribution < -0.4 is 10.8 Å². The lowest BCUT2D eigenvalue weighted by Gasteiger charge is -2.27. The van der Waals surface area contributed by atoms with Gasteiger partial charge in [-0.2, -0.15) is 0 Å². The van der Waals surface area contributed by atoms with Crippen LogP contribution in [0.5, 0.6) is 5.75 Å². The zero-order valence-corrected chi connectivity index (χ0v) is 19.0. The van der Waals surface area contributed by atoms with Crippen LogP contribution in [0.1, 0.15) is 34.9 Å². The first-order valence-corrected chi connectivity index (χ1v) is 10.9. The van der Waals surface area contributed by atoms with Gasteiger partial charge in [0, 0.05) is 29.7 Å². The Hall–Kier alpha value is -4.21.